The Bertz CT molecular complexity index is 1000. The van der Waals surface area contributed by atoms with Crippen LogP contribution >= 0.6 is 11.6 Å². The second-order valence-electron chi connectivity index (χ2n) is 5.12. The van der Waals surface area contributed by atoms with Gasteiger partial charge in [0.1, 0.15) is 16.4 Å². The third-order valence-corrected chi connectivity index (χ3v) is 4.12. The maximum Gasteiger partial charge on any atom is 0.225 e. The number of hydrogen-bond donors (Lipinski definition) is 2. The number of halogens is 1. The summed E-state index contributed by atoms with van der Waals surface area (Å²) >= 11 is 6.13. The van der Waals surface area contributed by atoms with Gasteiger partial charge in [0.2, 0.25) is 11.6 Å². The van der Waals surface area contributed by atoms with Crippen LogP contribution in [0.1, 0.15) is 20.8 Å². The Morgan fingerprint density at radius 1 is 1.04 bits per heavy atom. The number of carbonyl (C=O) groups excluding carboxylic acids is 2. The first kappa shape index (κ1) is 13.7. The summed E-state index contributed by atoms with van der Waals surface area (Å²) in [4.78, 5) is 32.0. The molecule has 6 heteroatoms. The minimum Gasteiger partial charge on any atom is -0.359 e. The number of rotatable bonds is 2. The van der Waals surface area contributed by atoms with Crippen molar-refractivity contribution in [3.05, 3.63) is 70.8 Å². The van der Waals surface area contributed by atoms with Gasteiger partial charge in [-0.05, 0) is 24.3 Å². The number of allylic oxidation sites excluding steroid dienone is 2. The molecule has 112 valence electrons. The molecule has 2 aromatic heterocycles. The van der Waals surface area contributed by atoms with Crippen LogP contribution in [0.3, 0.4) is 0 Å². The first-order chi connectivity index (χ1) is 11.2. The second-order valence-corrected chi connectivity index (χ2v) is 5.50. The molecule has 0 aliphatic heterocycles. The highest BCUT2D eigenvalue weighted by Crippen LogP contribution is 2.30. The molecule has 1 aromatic carbocycles. The number of pyridine rings is 1. The quantitative estimate of drug-likeness (QED) is 0.757. The van der Waals surface area contributed by atoms with Crippen LogP contribution in [0.4, 0.5) is 5.69 Å². The molecule has 0 saturated heterocycles. The van der Waals surface area contributed by atoms with Crippen molar-refractivity contribution in [3.8, 4) is 0 Å². The number of fused-ring (bicyclic) bond motifs is 2. The molecule has 0 fully saturated rings. The topological polar surface area (TPSA) is 74.8 Å². The fourth-order valence-corrected chi connectivity index (χ4v) is 2.88. The second kappa shape index (κ2) is 5.07. The van der Waals surface area contributed by atoms with E-state index in [2.05, 4.69) is 15.3 Å². The molecule has 0 spiro atoms. The van der Waals surface area contributed by atoms with Crippen LogP contribution in [0.15, 0.2) is 59.5 Å². The number of hydrogen-bond acceptors (Lipinski definition) is 4. The third-order valence-electron chi connectivity index (χ3n) is 3.76. The lowest BCUT2D eigenvalue weighted by Gasteiger charge is -2.18. The predicted molar refractivity (Wildman–Crippen MR) is 87.7 cm³/mol. The van der Waals surface area contributed by atoms with E-state index in [1.54, 1.807) is 18.3 Å². The van der Waals surface area contributed by atoms with Crippen LogP contribution < -0.4 is 5.32 Å². The Morgan fingerprint density at radius 3 is 2.78 bits per heavy atom. The monoisotopic (exact) mass is 323 g/mol. The average molecular weight is 324 g/mol. The molecule has 3 aromatic rings. The van der Waals surface area contributed by atoms with E-state index in [1.807, 2.05) is 24.3 Å². The molecule has 5 nitrogen and oxygen atoms in total. The van der Waals surface area contributed by atoms with Crippen molar-refractivity contribution in [2.24, 2.45) is 0 Å². The summed E-state index contributed by atoms with van der Waals surface area (Å²) in [5, 5.41) is 3.84. The summed E-state index contributed by atoms with van der Waals surface area (Å²) in [6.07, 6.45) is 3.27. The Morgan fingerprint density at radius 2 is 1.91 bits per heavy atom. The van der Waals surface area contributed by atoms with Gasteiger partial charge in [-0.25, -0.2) is 0 Å². The lowest BCUT2D eigenvalue weighted by molar-refractivity contribution is 0.0978. The highest BCUT2D eigenvalue weighted by Gasteiger charge is 2.32. The number of carbonyl (C=O) groups is 2. The van der Waals surface area contributed by atoms with Gasteiger partial charge < -0.3 is 10.3 Å². The Balaban J connectivity index is 1.83. The molecule has 0 unspecified atom stereocenters. The van der Waals surface area contributed by atoms with Gasteiger partial charge in [0.25, 0.3) is 0 Å². The lowest BCUT2D eigenvalue weighted by Crippen LogP contribution is -2.25. The predicted octanol–water partition coefficient (Wildman–Crippen LogP) is 3.50. The summed E-state index contributed by atoms with van der Waals surface area (Å²) in [6, 6.07) is 10.7. The molecule has 0 bridgehead atoms. The zero-order valence-electron chi connectivity index (χ0n) is 11.8. The molecule has 0 saturated carbocycles. The van der Waals surface area contributed by atoms with Gasteiger partial charge >= 0.3 is 0 Å². The van der Waals surface area contributed by atoms with Crippen LogP contribution in [-0.2, 0) is 0 Å². The van der Waals surface area contributed by atoms with E-state index in [0.717, 1.165) is 10.9 Å². The van der Waals surface area contributed by atoms with E-state index >= 15 is 0 Å². The molecular weight excluding hydrogens is 314 g/mol. The fraction of sp³-hybridized carbons (Fsp3) is 0. The zero-order valence-corrected chi connectivity index (χ0v) is 12.5. The number of anilines is 1. The number of nitrogens with one attached hydrogen (secondary N) is 2. The van der Waals surface area contributed by atoms with Crippen LogP contribution in [0, 0.1) is 0 Å². The third kappa shape index (κ3) is 2.05. The SMILES string of the molecule is O=C1C(Nc2cccc3cc[nH]c23)=C(Cl)C(=O)c2ncccc21. The molecule has 0 radical (unpaired) electrons. The number of H-pyrrole nitrogens is 1. The standard InChI is InChI=1S/C17H10ClN3O2/c18-12-15(16(22)10-4-2-7-19-14(10)17(12)23)21-11-5-1-3-9-6-8-20-13(9)11/h1-8,20-21H. The molecule has 0 amide bonds. The first-order valence-corrected chi connectivity index (χ1v) is 7.32. The van der Waals surface area contributed by atoms with Gasteiger partial charge in [-0.3, -0.25) is 14.6 Å². The Labute approximate surface area is 136 Å². The first-order valence-electron chi connectivity index (χ1n) is 6.94. The van der Waals surface area contributed by atoms with Gasteiger partial charge in [0, 0.05) is 17.8 Å². The summed E-state index contributed by atoms with van der Waals surface area (Å²) in [5.41, 5.74) is 1.92. The van der Waals surface area contributed by atoms with Gasteiger partial charge in [-0.2, -0.15) is 0 Å². The molecule has 1 aliphatic carbocycles. The van der Waals surface area contributed by atoms with E-state index in [1.165, 1.54) is 6.20 Å². The number of nitrogens with zero attached hydrogens (tertiary/aromatic N) is 1. The van der Waals surface area contributed by atoms with Crippen molar-refractivity contribution in [3.63, 3.8) is 0 Å². The van der Waals surface area contributed by atoms with E-state index < -0.39 is 5.78 Å². The fourth-order valence-electron chi connectivity index (χ4n) is 2.66. The van der Waals surface area contributed by atoms with Crippen molar-refractivity contribution in [1.29, 1.82) is 0 Å². The number of Topliss-reactive ketones (excluding diaryl/α,β-unsaturated/α-hetero) is 2. The number of benzene rings is 1. The molecule has 0 atom stereocenters. The van der Waals surface area contributed by atoms with E-state index in [4.69, 9.17) is 11.6 Å². The summed E-state index contributed by atoms with van der Waals surface area (Å²) in [5.74, 6) is -0.802. The van der Waals surface area contributed by atoms with Crippen LogP contribution in [-0.4, -0.2) is 21.5 Å². The van der Waals surface area contributed by atoms with Gasteiger partial charge in [0.15, 0.2) is 0 Å². The smallest absolute Gasteiger partial charge is 0.225 e. The molecule has 2 heterocycles. The van der Waals surface area contributed by atoms with Crippen molar-refractivity contribution in [1.82, 2.24) is 9.97 Å². The van der Waals surface area contributed by atoms with Crippen molar-refractivity contribution in [2.45, 2.75) is 0 Å². The molecular formula is C17H10ClN3O2. The van der Waals surface area contributed by atoms with Crippen molar-refractivity contribution < 1.29 is 9.59 Å². The zero-order chi connectivity index (χ0) is 16.0. The van der Waals surface area contributed by atoms with Crippen molar-refractivity contribution >= 4 is 39.8 Å². The average Bonchev–Trinajstić information content (AvgIpc) is 3.06. The Hall–Kier alpha value is -2.92. The maximum atomic E-state index is 12.6. The largest absolute Gasteiger partial charge is 0.359 e. The van der Waals surface area contributed by atoms with Gasteiger partial charge in [-0.1, -0.05) is 23.7 Å². The van der Waals surface area contributed by atoms with Crippen LogP contribution in [0.2, 0.25) is 0 Å². The van der Waals surface area contributed by atoms with Gasteiger partial charge in [-0.15, -0.1) is 0 Å². The molecule has 2 N–H and O–H groups in total. The lowest BCUT2D eigenvalue weighted by atomic mass is 9.96. The number of ketones is 2. The minimum absolute atomic E-state index is 0.0688. The summed E-state index contributed by atoms with van der Waals surface area (Å²) in [6.45, 7) is 0. The summed E-state index contributed by atoms with van der Waals surface area (Å²) in [7, 11) is 0. The van der Waals surface area contributed by atoms with Crippen LogP contribution in [0.5, 0.6) is 0 Å². The highest BCUT2D eigenvalue weighted by molar-refractivity contribution is 6.50. The Kier molecular flexibility index (Phi) is 3.02. The van der Waals surface area contributed by atoms with Crippen molar-refractivity contribution in [2.75, 3.05) is 5.32 Å². The van der Waals surface area contributed by atoms with E-state index in [-0.39, 0.29) is 27.8 Å². The van der Waals surface area contributed by atoms with E-state index in [9.17, 15) is 9.59 Å². The van der Waals surface area contributed by atoms with E-state index in [0.29, 0.717) is 5.69 Å². The molecule has 4 rings (SSSR count). The number of para-hydroxylation sites is 1. The maximum absolute atomic E-state index is 12.6. The number of aromatic nitrogens is 2. The summed E-state index contributed by atoms with van der Waals surface area (Å²) < 4.78 is 0. The minimum atomic E-state index is -0.456. The number of aromatic amines is 1. The molecule has 1 aliphatic rings. The highest BCUT2D eigenvalue weighted by atomic mass is 35.5. The normalized spacial score (nSPS) is 14.3. The van der Waals surface area contributed by atoms with Crippen LogP contribution in [0.25, 0.3) is 10.9 Å². The molecule has 23 heavy (non-hydrogen) atoms. The van der Waals surface area contributed by atoms with Gasteiger partial charge in [0.05, 0.1) is 16.8 Å².